The lowest BCUT2D eigenvalue weighted by atomic mass is 10.0. The number of aromatic amines is 1. The summed E-state index contributed by atoms with van der Waals surface area (Å²) < 4.78 is 6.82. The smallest absolute Gasteiger partial charge is 0.268 e. The number of aromatic nitrogens is 2. The lowest BCUT2D eigenvalue weighted by molar-refractivity contribution is 0.0946. The molecule has 0 saturated heterocycles. The van der Waals surface area contributed by atoms with Crippen LogP contribution in [0.25, 0.3) is 10.9 Å². The van der Waals surface area contributed by atoms with Gasteiger partial charge in [-0.3, -0.25) is 4.79 Å². The van der Waals surface area contributed by atoms with Gasteiger partial charge in [0.25, 0.3) is 5.91 Å². The number of rotatable bonds is 12. The SMILES string of the molecule is C[C@H](Cc1ccc2[nH]c(C(=O)NCc3nccs3)cc2c1)NC[C@@H](O[Si](C)(C)C(C)(C)C)c1ccc(O)c(CO)c1. The van der Waals surface area contributed by atoms with Crippen molar-refractivity contribution in [2.45, 2.75) is 77.5 Å². The molecule has 0 radical (unpaired) electrons. The Hall–Kier alpha value is -3.02. The summed E-state index contributed by atoms with van der Waals surface area (Å²) in [5.41, 5.74) is 4.05. The van der Waals surface area contributed by atoms with Gasteiger partial charge < -0.3 is 30.3 Å². The van der Waals surface area contributed by atoms with Crippen molar-refractivity contribution in [2.24, 2.45) is 0 Å². The number of amides is 1. The molecule has 0 fully saturated rings. The first-order valence-corrected chi connectivity index (χ1v) is 17.8. The van der Waals surface area contributed by atoms with Gasteiger partial charge in [-0.2, -0.15) is 0 Å². The Balaban J connectivity index is 1.42. The van der Waals surface area contributed by atoms with E-state index in [9.17, 15) is 15.0 Å². The molecule has 2 aromatic carbocycles. The lowest BCUT2D eigenvalue weighted by Gasteiger charge is -2.40. The van der Waals surface area contributed by atoms with Gasteiger partial charge in [-0.15, -0.1) is 11.3 Å². The van der Waals surface area contributed by atoms with Crippen LogP contribution in [0, 0.1) is 0 Å². The molecule has 4 aromatic rings. The van der Waals surface area contributed by atoms with Crippen LogP contribution in [0.15, 0.2) is 54.0 Å². The lowest BCUT2D eigenvalue weighted by Crippen LogP contribution is -2.44. The molecule has 41 heavy (non-hydrogen) atoms. The second kappa shape index (κ2) is 12.9. The van der Waals surface area contributed by atoms with Crippen molar-refractivity contribution in [3.8, 4) is 5.75 Å². The summed E-state index contributed by atoms with van der Waals surface area (Å²) in [6.45, 7) is 14.0. The maximum Gasteiger partial charge on any atom is 0.268 e. The van der Waals surface area contributed by atoms with E-state index >= 15 is 0 Å². The van der Waals surface area contributed by atoms with Gasteiger partial charge in [-0.25, -0.2) is 4.98 Å². The maximum atomic E-state index is 12.6. The molecule has 10 heteroatoms. The van der Waals surface area contributed by atoms with Crippen LogP contribution >= 0.6 is 11.3 Å². The van der Waals surface area contributed by atoms with E-state index in [-0.39, 0.29) is 35.4 Å². The number of nitrogens with one attached hydrogen (secondary N) is 3. The van der Waals surface area contributed by atoms with Crippen molar-refractivity contribution in [2.75, 3.05) is 6.54 Å². The van der Waals surface area contributed by atoms with Gasteiger partial charge in [-0.05, 0) is 72.9 Å². The standard InChI is InChI=1S/C31H42N4O4SSi/c1-20(33-17-28(39-41(5,6)31(2,3)4)22-8-10-27(37)24(15-22)19-36)13-21-7-9-25-23(14-21)16-26(35-25)30(38)34-18-29-32-11-12-40-29/h7-12,14-16,20,28,33,35-37H,13,17-19H2,1-6H3,(H,34,38)/t20-,28-/m1/s1. The molecule has 4 rings (SSSR count). The molecule has 1 amide bonds. The second-order valence-corrected chi connectivity index (χ2v) is 17.9. The van der Waals surface area contributed by atoms with Crippen LogP contribution in [0.4, 0.5) is 0 Å². The topological polar surface area (TPSA) is 120 Å². The second-order valence-electron chi connectivity index (χ2n) is 12.1. The number of hydrogen-bond donors (Lipinski definition) is 5. The van der Waals surface area contributed by atoms with Crippen LogP contribution < -0.4 is 10.6 Å². The Morgan fingerprint density at radius 3 is 2.63 bits per heavy atom. The molecule has 220 valence electrons. The molecule has 2 atom stereocenters. The third kappa shape index (κ3) is 7.84. The van der Waals surface area contributed by atoms with E-state index < -0.39 is 8.32 Å². The molecule has 0 aliphatic carbocycles. The summed E-state index contributed by atoms with van der Waals surface area (Å²) in [6, 6.07) is 13.6. The Kier molecular flexibility index (Phi) is 9.71. The van der Waals surface area contributed by atoms with E-state index in [1.165, 1.54) is 16.9 Å². The number of aliphatic hydroxyl groups is 1. The highest BCUT2D eigenvalue weighted by Crippen LogP contribution is 2.40. The van der Waals surface area contributed by atoms with Crippen LogP contribution in [-0.2, 0) is 24.0 Å². The highest BCUT2D eigenvalue weighted by atomic mass is 32.1. The zero-order valence-electron chi connectivity index (χ0n) is 24.7. The van der Waals surface area contributed by atoms with Gasteiger partial charge in [0, 0.05) is 40.6 Å². The quantitative estimate of drug-likeness (QED) is 0.128. The maximum absolute atomic E-state index is 12.6. The first-order chi connectivity index (χ1) is 19.4. The highest BCUT2D eigenvalue weighted by molar-refractivity contribution is 7.09. The molecule has 8 nitrogen and oxygen atoms in total. The number of fused-ring (bicyclic) bond motifs is 1. The highest BCUT2D eigenvalue weighted by Gasteiger charge is 2.39. The third-order valence-corrected chi connectivity index (χ3v) is 13.2. The molecule has 2 aromatic heterocycles. The van der Waals surface area contributed by atoms with Crippen molar-refractivity contribution in [1.82, 2.24) is 20.6 Å². The van der Waals surface area contributed by atoms with E-state index in [1.54, 1.807) is 12.3 Å². The fourth-order valence-electron chi connectivity index (χ4n) is 4.45. The van der Waals surface area contributed by atoms with Crippen LogP contribution in [0.2, 0.25) is 18.1 Å². The average molecular weight is 595 g/mol. The molecule has 0 saturated carbocycles. The van der Waals surface area contributed by atoms with Crippen LogP contribution in [0.5, 0.6) is 5.75 Å². The van der Waals surface area contributed by atoms with Crippen molar-refractivity contribution < 1.29 is 19.4 Å². The predicted molar refractivity (Wildman–Crippen MR) is 168 cm³/mol. The number of H-pyrrole nitrogens is 1. The zero-order valence-corrected chi connectivity index (χ0v) is 26.6. The minimum atomic E-state index is -2.10. The van der Waals surface area contributed by atoms with E-state index in [2.05, 4.69) is 73.5 Å². The first kappa shape index (κ1) is 30.9. The van der Waals surface area contributed by atoms with E-state index in [4.69, 9.17) is 4.43 Å². The van der Waals surface area contributed by atoms with Gasteiger partial charge in [0.15, 0.2) is 8.32 Å². The van der Waals surface area contributed by atoms with Gasteiger partial charge in [0.1, 0.15) is 16.5 Å². The minimum absolute atomic E-state index is 0.0379. The molecule has 0 aliphatic rings. The number of hydrogen-bond acceptors (Lipinski definition) is 7. The molecule has 0 bridgehead atoms. The number of thiazole rings is 1. The van der Waals surface area contributed by atoms with Crippen molar-refractivity contribution in [3.63, 3.8) is 0 Å². The molecular formula is C31H42N4O4SSi. The van der Waals surface area contributed by atoms with E-state index in [0.29, 0.717) is 24.3 Å². The van der Waals surface area contributed by atoms with Crippen molar-refractivity contribution in [3.05, 3.63) is 81.4 Å². The Labute approximate surface area is 247 Å². The molecule has 0 aliphatic heterocycles. The van der Waals surface area contributed by atoms with Crippen molar-refractivity contribution >= 4 is 36.5 Å². The normalized spacial score (nSPS) is 13.8. The van der Waals surface area contributed by atoms with Crippen molar-refractivity contribution in [1.29, 1.82) is 0 Å². The molecule has 0 unspecified atom stereocenters. The zero-order chi connectivity index (χ0) is 29.8. The average Bonchev–Trinajstić information content (AvgIpc) is 3.59. The monoisotopic (exact) mass is 594 g/mol. The minimum Gasteiger partial charge on any atom is -0.508 e. The fourth-order valence-corrected chi connectivity index (χ4v) is 6.29. The summed E-state index contributed by atoms with van der Waals surface area (Å²) in [7, 11) is -2.10. The molecular weight excluding hydrogens is 553 g/mol. The Bertz CT molecular complexity index is 1460. The summed E-state index contributed by atoms with van der Waals surface area (Å²) in [6.07, 6.45) is 2.31. The summed E-state index contributed by atoms with van der Waals surface area (Å²) in [4.78, 5) is 20.1. The van der Waals surface area contributed by atoms with Gasteiger partial charge in [0.05, 0.1) is 19.3 Å². The van der Waals surface area contributed by atoms with Crippen LogP contribution in [0.3, 0.4) is 0 Å². The number of phenols is 1. The molecule has 5 N–H and O–H groups in total. The van der Waals surface area contributed by atoms with E-state index in [0.717, 1.165) is 27.9 Å². The van der Waals surface area contributed by atoms with Gasteiger partial charge in [0.2, 0.25) is 0 Å². The summed E-state index contributed by atoms with van der Waals surface area (Å²) in [5.74, 6) is -0.0664. The fraction of sp³-hybridized carbons (Fsp3) is 0.419. The van der Waals surface area contributed by atoms with E-state index in [1.807, 2.05) is 29.6 Å². The molecule has 0 spiro atoms. The van der Waals surface area contributed by atoms with Crippen LogP contribution in [-0.4, -0.2) is 47.0 Å². The number of aliphatic hydroxyl groups excluding tert-OH is 1. The van der Waals surface area contributed by atoms with Crippen LogP contribution in [0.1, 0.15) is 66.0 Å². The number of aromatic hydroxyl groups is 1. The number of benzene rings is 2. The Morgan fingerprint density at radius 1 is 1.17 bits per heavy atom. The summed E-state index contributed by atoms with van der Waals surface area (Å²) >= 11 is 1.51. The Morgan fingerprint density at radius 2 is 1.95 bits per heavy atom. The first-order valence-electron chi connectivity index (χ1n) is 14.0. The number of carbonyl (C=O) groups excluding carboxylic acids is 1. The van der Waals surface area contributed by atoms with Gasteiger partial charge in [-0.1, -0.05) is 32.9 Å². The third-order valence-electron chi connectivity index (χ3n) is 7.90. The number of nitrogens with zero attached hydrogens (tertiary/aromatic N) is 1. The predicted octanol–water partition coefficient (Wildman–Crippen LogP) is 6.04. The largest absolute Gasteiger partial charge is 0.508 e. The number of carbonyl (C=O) groups is 1. The molecule has 2 heterocycles. The summed E-state index contributed by atoms with van der Waals surface area (Å²) in [5, 5.41) is 30.2. The van der Waals surface area contributed by atoms with Gasteiger partial charge >= 0.3 is 0 Å².